The highest BCUT2D eigenvalue weighted by Crippen LogP contribution is 2.33. The third kappa shape index (κ3) is 3.88. The lowest BCUT2D eigenvalue weighted by Gasteiger charge is -2.10. The van der Waals surface area contributed by atoms with Gasteiger partial charge in [0.1, 0.15) is 4.83 Å². The number of fused-ring (bicyclic) bond motifs is 4. The number of carbonyl (C=O) groups excluding carboxylic acids is 1. The molecule has 1 aromatic carbocycles. The van der Waals surface area contributed by atoms with E-state index in [2.05, 4.69) is 4.98 Å². The van der Waals surface area contributed by atoms with Gasteiger partial charge in [0.15, 0.2) is 5.58 Å². The van der Waals surface area contributed by atoms with Crippen LogP contribution in [0.4, 0.5) is 0 Å². The fourth-order valence-corrected chi connectivity index (χ4v) is 5.48. The molecule has 0 radical (unpaired) electrons. The number of benzene rings is 1. The van der Waals surface area contributed by atoms with Gasteiger partial charge in [-0.05, 0) is 49.8 Å². The van der Waals surface area contributed by atoms with Crippen LogP contribution in [0.5, 0.6) is 0 Å². The number of ether oxygens (including phenoxy) is 1. The fraction of sp³-hybridized carbons (Fsp3) is 0.391. The van der Waals surface area contributed by atoms with Crippen LogP contribution in [-0.2, 0) is 35.5 Å². The SMILES string of the molecule is O=C(CCn1cnc2sc3c(c2c1=O)CCCC3)OCCCn1c(=O)oc2ccccc21. The number of aryl methyl sites for hydroxylation is 4. The quantitative estimate of drug-likeness (QED) is 0.315. The first kappa shape index (κ1) is 20.7. The molecule has 5 rings (SSSR count). The number of thiophene rings is 1. The molecule has 0 N–H and O–H groups in total. The number of oxazole rings is 1. The predicted octanol–water partition coefficient (Wildman–Crippen LogP) is 3.27. The molecule has 1 aliphatic rings. The maximum Gasteiger partial charge on any atom is 0.419 e. The Morgan fingerprint density at radius 2 is 2.00 bits per heavy atom. The molecule has 32 heavy (non-hydrogen) atoms. The number of carbonyl (C=O) groups is 1. The number of nitrogens with zero attached hydrogens (tertiary/aromatic N) is 3. The van der Waals surface area contributed by atoms with Crippen LogP contribution in [0.15, 0.2) is 44.6 Å². The molecule has 0 atom stereocenters. The van der Waals surface area contributed by atoms with E-state index in [1.54, 1.807) is 17.4 Å². The Kier molecular flexibility index (Phi) is 5.65. The van der Waals surface area contributed by atoms with Crippen LogP contribution in [-0.4, -0.2) is 26.7 Å². The molecule has 9 heteroatoms. The van der Waals surface area contributed by atoms with Crippen LogP contribution >= 0.6 is 11.3 Å². The maximum atomic E-state index is 12.9. The normalized spacial score (nSPS) is 13.5. The molecular weight excluding hydrogens is 430 g/mol. The maximum absolute atomic E-state index is 12.9. The minimum Gasteiger partial charge on any atom is -0.466 e. The van der Waals surface area contributed by atoms with Gasteiger partial charge in [-0.25, -0.2) is 9.78 Å². The Bertz CT molecular complexity index is 1410. The summed E-state index contributed by atoms with van der Waals surface area (Å²) in [6.07, 6.45) is 6.30. The van der Waals surface area contributed by atoms with Crippen LogP contribution in [0.1, 0.15) is 36.1 Å². The van der Waals surface area contributed by atoms with E-state index in [0.717, 1.165) is 47.0 Å². The topological polar surface area (TPSA) is 96.3 Å². The monoisotopic (exact) mass is 453 g/mol. The predicted molar refractivity (Wildman–Crippen MR) is 121 cm³/mol. The highest BCUT2D eigenvalue weighted by Gasteiger charge is 2.20. The van der Waals surface area contributed by atoms with Crippen molar-refractivity contribution in [3.05, 3.63) is 61.9 Å². The van der Waals surface area contributed by atoms with Crippen molar-refractivity contribution >= 4 is 38.6 Å². The van der Waals surface area contributed by atoms with Gasteiger partial charge < -0.3 is 9.15 Å². The van der Waals surface area contributed by atoms with Gasteiger partial charge in [0.2, 0.25) is 0 Å². The molecule has 0 saturated heterocycles. The van der Waals surface area contributed by atoms with E-state index in [1.807, 2.05) is 18.2 Å². The van der Waals surface area contributed by atoms with Crippen LogP contribution < -0.4 is 11.3 Å². The molecule has 4 aromatic rings. The highest BCUT2D eigenvalue weighted by atomic mass is 32.1. The van der Waals surface area contributed by atoms with Gasteiger partial charge in [-0.1, -0.05) is 12.1 Å². The van der Waals surface area contributed by atoms with Crippen LogP contribution in [0, 0.1) is 0 Å². The number of esters is 1. The Morgan fingerprint density at radius 3 is 2.91 bits per heavy atom. The largest absolute Gasteiger partial charge is 0.466 e. The minimum atomic E-state index is -0.421. The van der Waals surface area contributed by atoms with Gasteiger partial charge in [0, 0.05) is 18.0 Å². The van der Waals surface area contributed by atoms with Crippen molar-refractivity contribution in [3.8, 4) is 0 Å². The second kappa shape index (κ2) is 8.74. The van der Waals surface area contributed by atoms with Crippen molar-refractivity contribution in [2.24, 2.45) is 0 Å². The summed E-state index contributed by atoms with van der Waals surface area (Å²) in [7, 11) is 0. The summed E-state index contributed by atoms with van der Waals surface area (Å²) in [4.78, 5) is 43.6. The average molecular weight is 454 g/mol. The number of rotatable bonds is 7. The lowest BCUT2D eigenvalue weighted by atomic mass is 9.97. The van der Waals surface area contributed by atoms with Crippen molar-refractivity contribution in [2.75, 3.05) is 6.61 Å². The molecule has 0 saturated carbocycles. The Morgan fingerprint density at radius 1 is 1.16 bits per heavy atom. The van der Waals surface area contributed by atoms with Crippen LogP contribution in [0.2, 0.25) is 0 Å². The van der Waals surface area contributed by atoms with E-state index in [1.165, 1.54) is 20.3 Å². The lowest BCUT2D eigenvalue weighted by Crippen LogP contribution is -2.23. The van der Waals surface area contributed by atoms with Gasteiger partial charge in [-0.3, -0.25) is 18.7 Å². The van der Waals surface area contributed by atoms with E-state index in [4.69, 9.17) is 9.15 Å². The minimum absolute atomic E-state index is 0.0755. The van der Waals surface area contributed by atoms with Crippen molar-refractivity contribution in [1.82, 2.24) is 14.1 Å². The molecule has 0 amide bonds. The van der Waals surface area contributed by atoms with Crippen molar-refractivity contribution in [2.45, 2.75) is 51.6 Å². The number of aromatic nitrogens is 3. The number of para-hydroxylation sites is 2. The second-order valence-corrected chi connectivity index (χ2v) is 9.03. The molecule has 0 spiro atoms. The van der Waals surface area contributed by atoms with E-state index >= 15 is 0 Å². The van der Waals surface area contributed by atoms with Crippen molar-refractivity contribution < 1.29 is 13.9 Å². The molecule has 3 heterocycles. The molecule has 0 aliphatic heterocycles. The lowest BCUT2D eigenvalue weighted by molar-refractivity contribution is -0.144. The first-order valence-corrected chi connectivity index (χ1v) is 11.7. The molecule has 0 unspecified atom stereocenters. The molecule has 8 nitrogen and oxygen atoms in total. The smallest absolute Gasteiger partial charge is 0.419 e. The van der Waals surface area contributed by atoms with Crippen LogP contribution in [0.3, 0.4) is 0 Å². The third-order valence-electron chi connectivity index (χ3n) is 5.86. The van der Waals surface area contributed by atoms with Crippen molar-refractivity contribution in [1.29, 1.82) is 0 Å². The molecule has 0 bridgehead atoms. The molecule has 1 aliphatic carbocycles. The Hall–Kier alpha value is -3.20. The van der Waals surface area contributed by atoms with E-state index in [0.29, 0.717) is 18.5 Å². The number of hydrogen-bond donors (Lipinski definition) is 0. The van der Waals surface area contributed by atoms with Gasteiger partial charge in [0.05, 0.1) is 30.3 Å². The van der Waals surface area contributed by atoms with Crippen molar-refractivity contribution in [3.63, 3.8) is 0 Å². The first-order valence-electron chi connectivity index (χ1n) is 10.9. The summed E-state index contributed by atoms with van der Waals surface area (Å²) >= 11 is 1.61. The zero-order valence-electron chi connectivity index (χ0n) is 17.5. The van der Waals surface area contributed by atoms with E-state index in [9.17, 15) is 14.4 Å². The summed E-state index contributed by atoms with van der Waals surface area (Å²) in [5.41, 5.74) is 2.33. The third-order valence-corrected chi connectivity index (χ3v) is 7.06. The van der Waals surface area contributed by atoms with Gasteiger partial charge >= 0.3 is 11.7 Å². The summed E-state index contributed by atoms with van der Waals surface area (Å²) < 4.78 is 13.5. The summed E-state index contributed by atoms with van der Waals surface area (Å²) in [6, 6.07) is 7.21. The Labute approximate surface area is 187 Å². The second-order valence-electron chi connectivity index (χ2n) is 7.95. The van der Waals surface area contributed by atoms with Gasteiger partial charge in [-0.15, -0.1) is 11.3 Å². The molecular formula is C23H23N3O5S. The Balaban J connectivity index is 1.16. The average Bonchev–Trinajstić information content (AvgIpc) is 3.33. The first-order chi connectivity index (χ1) is 15.6. The fourth-order valence-electron chi connectivity index (χ4n) is 4.26. The van der Waals surface area contributed by atoms with Gasteiger partial charge in [0.25, 0.3) is 5.56 Å². The van der Waals surface area contributed by atoms with Gasteiger partial charge in [-0.2, -0.15) is 0 Å². The standard InChI is InChI=1S/C23H23N3O5S/c27-19(30-13-5-11-26-16-7-2-3-8-17(16)31-23(26)29)10-12-25-14-24-21-20(22(25)28)15-6-1-4-9-18(15)32-21/h2-3,7-8,14H,1,4-6,9-13H2. The molecule has 0 fully saturated rings. The molecule has 166 valence electrons. The summed E-state index contributed by atoms with van der Waals surface area (Å²) in [5, 5.41) is 0.721. The summed E-state index contributed by atoms with van der Waals surface area (Å²) in [6.45, 7) is 0.818. The zero-order chi connectivity index (χ0) is 22.1. The molecule has 3 aromatic heterocycles. The summed E-state index contributed by atoms with van der Waals surface area (Å²) in [5.74, 6) is -0.802. The number of hydrogen-bond acceptors (Lipinski definition) is 7. The van der Waals surface area contributed by atoms with Crippen LogP contribution in [0.25, 0.3) is 21.3 Å². The van der Waals surface area contributed by atoms with E-state index in [-0.39, 0.29) is 31.1 Å². The zero-order valence-corrected chi connectivity index (χ0v) is 18.4. The highest BCUT2D eigenvalue weighted by molar-refractivity contribution is 7.18. The van der Waals surface area contributed by atoms with E-state index < -0.39 is 5.76 Å².